The predicted octanol–water partition coefficient (Wildman–Crippen LogP) is 5.20. The van der Waals surface area contributed by atoms with Gasteiger partial charge in [-0.2, -0.15) is 0 Å². The second kappa shape index (κ2) is 15.2. The fourth-order valence-electron chi connectivity index (χ4n) is 4.74. The summed E-state index contributed by atoms with van der Waals surface area (Å²) in [5.74, 6) is -1.24. The number of sulfonamides is 1. The van der Waals surface area contributed by atoms with Crippen molar-refractivity contribution >= 4 is 27.5 Å². The van der Waals surface area contributed by atoms with Crippen LogP contribution in [-0.4, -0.2) is 51.4 Å². The number of methoxy groups -OCH3 is 1. The zero-order chi connectivity index (χ0) is 31.5. The normalized spacial score (nSPS) is 11.8. The van der Waals surface area contributed by atoms with E-state index in [-0.39, 0.29) is 29.1 Å². The topological polar surface area (TPSA) is 96.0 Å². The van der Waals surface area contributed by atoms with Gasteiger partial charge in [-0.05, 0) is 42.3 Å². The standard InChI is InChI=1S/C34H36FN3O5S/c1-3-21-36-34(40)32(22-26-13-6-4-7-14-26)37(24-27-15-10-11-20-31(27)35)33(39)25-38(28-16-12-17-29(23-28)43-2)44(41,42)30-18-8-5-9-19-30/h4-20,23,32H,3,21-22,24-25H2,1-2H3,(H,36,40). The summed E-state index contributed by atoms with van der Waals surface area (Å²) in [4.78, 5) is 29.3. The van der Waals surface area contributed by atoms with Crippen molar-refractivity contribution in [2.45, 2.75) is 37.2 Å². The van der Waals surface area contributed by atoms with Crippen molar-refractivity contribution in [3.63, 3.8) is 0 Å². The molecule has 1 unspecified atom stereocenters. The van der Waals surface area contributed by atoms with Crippen molar-refractivity contribution in [3.8, 4) is 5.75 Å². The van der Waals surface area contributed by atoms with Crippen LogP contribution < -0.4 is 14.4 Å². The van der Waals surface area contributed by atoms with Gasteiger partial charge in [0.05, 0.1) is 17.7 Å². The molecule has 0 saturated heterocycles. The van der Waals surface area contributed by atoms with Gasteiger partial charge in [0.15, 0.2) is 0 Å². The lowest BCUT2D eigenvalue weighted by atomic mass is 10.0. The summed E-state index contributed by atoms with van der Waals surface area (Å²) < 4.78 is 49.3. The quantitative estimate of drug-likeness (QED) is 0.210. The van der Waals surface area contributed by atoms with Crippen molar-refractivity contribution in [3.05, 3.63) is 126 Å². The van der Waals surface area contributed by atoms with E-state index in [9.17, 15) is 22.4 Å². The highest BCUT2D eigenvalue weighted by Crippen LogP contribution is 2.28. The molecular weight excluding hydrogens is 581 g/mol. The van der Waals surface area contributed by atoms with E-state index in [0.717, 1.165) is 9.87 Å². The molecule has 1 N–H and O–H groups in total. The first kappa shape index (κ1) is 32.2. The molecule has 0 spiro atoms. The van der Waals surface area contributed by atoms with Crippen LogP contribution in [0.1, 0.15) is 24.5 Å². The molecule has 0 aliphatic rings. The van der Waals surface area contributed by atoms with Gasteiger partial charge in [-0.15, -0.1) is 0 Å². The molecule has 0 heterocycles. The molecule has 230 valence electrons. The average molecular weight is 618 g/mol. The Hall–Kier alpha value is -4.70. The molecule has 44 heavy (non-hydrogen) atoms. The zero-order valence-electron chi connectivity index (χ0n) is 24.7. The van der Waals surface area contributed by atoms with Gasteiger partial charge in [0.2, 0.25) is 11.8 Å². The minimum atomic E-state index is -4.25. The summed E-state index contributed by atoms with van der Waals surface area (Å²) in [6.07, 6.45) is 0.811. The van der Waals surface area contributed by atoms with Crippen molar-refractivity contribution in [2.75, 3.05) is 24.5 Å². The van der Waals surface area contributed by atoms with Crippen molar-refractivity contribution < 1.29 is 27.1 Å². The fourth-order valence-corrected chi connectivity index (χ4v) is 6.17. The number of amides is 2. The molecule has 4 aromatic carbocycles. The average Bonchev–Trinajstić information content (AvgIpc) is 3.05. The van der Waals surface area contributed by atoms with Crippen LogP contribution in [0.4, 0.5) is 10.1 Å². The van der Waals surface area contributed by atoms with E-state index in [1.165, 1.54) is 42.3 Å². The molecule has 4 aromatic rings. The molecule has 0 saturated carbocycles. The van der Waals surface area contributed by atoms with Crippen LogP contribution in [0, 0.1) is 5.82 Å². The Kier molecular flexibility index (Phi) is 11.1. The van der Waals surface area contributed by atoms with Crippen molar-refractivity contribution in [2.24, 2.45) is 0 Å². The number of rotatable bonds is 14. The first-order valence-electron chi connectivity index (χ1n) is 14.3. The Morgan fingerprint density at radius 2 is 1.55 bits per heavy atom. The first-order valence-corrected chi connectivity index (χ1v) is 15.7. The van der Waals surface area contributed by atoms with E-state index in [4.69, 9.17) is 4.74 Å². The van der Waals surface area contributed by atoms with E-state index < -0.39 is 40.2 Å². The molecule has 8 nitrogen and oxygen atoms in total. The molecule has 4 rings (SSSR count). The summed E-state index contributed by atoms with van der Waals surface area (Å²) in [6, 6.07) is 28.3. The van der Waals surface area contributed by atoms with Gasteiger partial charge in [-0.3, -0.25) is 13.9 Å². The second-order valence-corrected chi connectivity index (χ2v) is 12.0. The molecule has 2 amide bonds. The molecule has 0 aliphatic carbocycles. The van der Waals surface area contributed by atoms with Gasteiger partial charge < -0.3 is 15.0 Å². The third kappa shape index (κ3) is 8.02. The van der Waals surface area contributed by atoms with Gasteiger partial charge in [0, 0.05) is 31.1 Å². The molecule has 0 aromatic heterocycles. The lowest BCUT2D eigenvalue weighted by Crippen LogP contribution is -2.53. The number of carbonyl (C=O) groups is 2. The minimum absolute atomic E-state index is 0.0159. The number of anilines is 1. The monoisotopic (exact) mass is 617 g/mol. The smallest absolute Gasteiger partial charge is 0.264 e. The van der Waals surface area contributed by atoms with Crippen LogP contribution in [0.3, 0.4) is 0 Å². The highest BCUT2D eigenvalue weighted by Gasteiger charge is 2.35. The van der Waals surface area contributed by atoms with Crippen LogP contribution in [-0.2, 0) is 32.6 Å². The van der Waals surface area contributed by atoms with Gasteiger partial charge >= 0.3 is 0 Å². The number of halogens is 1. The number of carbonyl (C=O) groups excluding carboxylic acids is 2. The molecule has 0 fully saturated rings. The SMILES string of the molecule is CCCNC(=O)C(Cc1ccccc1)N(Cc1ccccc1F)C(=O)CN(c1cccc(OC)c1)S(=O)(=O)c1ccccc1. The number of benzene rings is 4. The van der Waals surface area contributed by atoms with Crippen LogP contribution in [0.2, 0.25) is 0 Å². The number of nitrogens with one attached hydrogen (secondary N) is 1. The Morgan fingerprint density at radius 3 is 2.20 bits per heavy atom. The minimum Gasteiger partial charge on any atom is -0.497 e. The lowest BCUT2D eigenvalue weighted by molar-refractivity contribution is -0.140. The third-order valence-corrected chi connectivity index (χ3v) is 8.86. The molecule has 10 heteroatoms. The number of nitrogens with zero attached hydrogens (tertiary/aromatic N) is 2. The summed E-state index contributed by atoms with van der Waals surface area (Å²) >= 11 is 0. The Morgan fingerprint density at radius 1 is 0.886 bits per heavy atom. The van der Waals surface area contributed by atoms with Crippen molar-refractivity contribution in [1.82, 2.24) is 10.2 Å². The molecule has 0 radical (unpaired) electrons. The lowest BCUT2D eigenvalue weighted by Gasteiger charge is -2.34. The van der Waals surface area contributed by atoms with E-state index >= 15 is 0 Å². The van der Waals surface area contributed by atoms with Gasteiger partial charge in [0.1, 0.15) is 24.2 Å². The van der Waals surface area contributed by atoms with Gasteiger partial charge in [-0.25, -0.2) is 12.8 Å². The summed E-state index contributed by atoms with van der Waals surface area (Å²) in [6.45, 7) is 1.39. The Bertz CT molecular complexity index is 1650. The van der Waals surface area contributed by atoms with E-state index in [1.54, 1.807) is 48.5 Å². The molecule has 0 aliphatic heterocycles. The van der Waals surface area contributed by atoms with E-state index in [2.05, 4.69) is 5.32 Å². The van der Waals surface area contributed by atoms with Crippen LogP contribution in [0.15, 0.2) is 114 Å². The Labute approximate surface area is 258 Å². The van der Waals surface area contributed by atoms with E-state index in [1.807, 2.05) is 37.3 Å². The summed E-state index contributed by atoms with van der Waals surface area (Å²) in [5.41, 5.74) is 1.18. The maximum Gasteiger partial charge on any atom is 0.264 e. The van der Waals surface area contributed by atoms with E-state index in [0.29, 0.717) is 18.7 Å². The molecular formula is C34H36FN3O5S. The van der Waals surface area contributed by atoms with Gasteiger partial charge in [0.25, 0.3) is 10.0 Å². The second-order valence-electron chi connectivity index (χ2n) is 10.1. The predicted molar refractivity (Wildman–Crippen MR) is 168 cm³/mol. The van der Waals surface area contributed by atoms with Crippen LogP contribution >= 0.6 is 0 Å². The van der Waals surface area contributed by atoms with Crippen LogP contribution in [0.25, 0.3) is 0 Å². The zero-order valence-corrected chi connectivity index (χ0v) is 25.5. The summed E-state index contributed by atoms with van der Waals surface area (Å²) in [5, 5.41) is 2.87. The van der Waals surface area contributed by atoms with Crippen LogP contribution in [0.5, 0.6) is 5.75 Å². The first-order chi connectivity index (χ1) is 21.2. The maximum absolute atomic E-state index is 15.0. The molecule has 0 bridgehead atoms. The number of hydrogen-bond acceptors (Lipinski definition) is 5. The maximum atomic E-state index is 15.0. The van der Waals surface area contributed by atoms with Crippen molar-refractivity contribution in [1.29, 1.82) is 0 Å². The molecule has 1 atom stereocenters. The number of ether oxygens (including phenoxy) is 1. The highest BCUT2D eigenvalue weighted by atomic mass is 32.2. The highest BCUT2D eigenvalue weighted by molar-refractivity contribution is 7.92. The fraction of sp³-hybridized carbons (Fsp3) is 0.235. The third-order valence-electron chi connectivity index (χ3n) is 7.07. The van der Waals surface area contributed by atoms with Gasteiger partial charge in [-0.1, -0.05) is 79.7 Å². The Balaban J connectivity index is 1.81. The number of hydrogen-bond donors (Lipinski definition) is 1. The summed E-state index contributed by atoms with van der Waals surface area (Å²) in [7, 11) is -2.79. The largest absolute Gasteiger partial charge is 0.497 e.